The molecule has 0 spiro atoms. The lowest BCUT2D eigenvalue weighted by molar-refractivity contribution is -0.138. The van der Waals surface area contributed by atoms with Crippen molar-refractivity contribution in [3.63, 3.8) is 0 Å². The van der Waals surface area contributed by atoms with Crippen molar-refractivity contribution >= 4 is 17.1 Å². The van der Waals surface area contributed by atoms with E-state index in [2.05, 4.69) is 5.32 Å². The van der Waals surface area contributed by atoms with Crippen LogP contribution in [0.25, 0.3) is 11.1 Å². The van der Waals surface area contributed by atoms with E-state index < -0.39 is 17.6 Å². The summed E-state index contributed by atoms with van der Waals surface area (Å²) in [5, 5.41) is 12.0. The molecule has 0 bridgehead atoms. The Morgan fingerprint density at radius 1 is 1.56 bits per heavy atom. The van der Waals surface area contributed by atoms with Crippen LogP contribution in [-0.2, 0) is 11.8 Å². The van der Waals surface area contributed by atoms with Gasteiger partial charge in [-0.3, -0.25) is 9.36 Å². The van der Waals surface area contributed by atoms with Gasteiger partial charge in [-0.15, -0.1) is 0 Å². The molecule has 6 heteroatoms. The van der Waals surface area contributed by atoms with Gasteiger partial charge < -0.3 is 14.8 Å². The lowest BCUT2D eigenvalue weighted by atomic mass is 9.99. The Labute approximate surface area is 103 Å². The standard InChI is InChI=1S/C12H14N2O4/c1-13-6-8(11(15)16)7-3-4-10-9(5-7)14(2)12(17)18-10/h3-5,8,13H,6H2,1-2H3,(H,15,16). The molecule has 2 rings (SSSR count). The summed E-state index contributed by atoms with van der Waals surface area (Å²) in [6.45, 7) is 0.326. The van der Waals surface area contributed by atoms with Gasteiger partial charge in [0, 0.05) is 13.6 Å². The number of hydrogen-bond acceptors (Lipinski definition) is 4. The second-order valence-electron chi connectivity index (χ2n) is 4.10. The molecule has 0 aliphatic rings. The Bertz CT molecular complexity index is 641. The first kappa shape index (κ1) is 12.4. The first-order chi connectivity index (χ1) is 8.54. The fourth-order valence-corrected chi connectivity index (χ4v) is 1.91. The molecule has 1 unspecified atom stereocenters. The van der Waals surface area contributed by atoms with Crippen molar-refractivity contribution in [3.8, 4) is 0 Å². The number of fused-ring (bicyclic) bond motifs is 1. The molecular weight excluding hydrogens is 236 g/mol. The minimum Gasteiger partial charge on any atom is -0.481 e. The van der Waals surface area contributed by atoms with Gasteiger partial charge in [-0.25, -0.2) is 4.79 Å². The smallest absolute Gasteiger partial charge is 0.419 e. The van der Waals surface area contributed by atoms with E-state index >= 15 is 0 Å². The third-order valence-electron chi connectivity index (χ3n) is 2.92. The van der Waals surface area contributed by atoms with Crippen LogP contribution in [0.3, 0.4) is 0 Å². The van der Waals surface area contributed by atoms with Gasteiger partial charge in [0.05, 0.1) is 11.4 Å². The first-order valence-electron chi connectivity index (χ1n) is 5.51. The molecule has 0 fully saturated rings. The van der Waals surface area contributed by atoms with Gasteiger partial charge in [-0.2, -0.15) is 0 Å². The molecule has 2 N–H and O–H groups in total. The maximum Gasteiger partial charge on any atom is 0.419 e. The topological polar surface area (TPSA) is 84.5 Å². The highest BCUT2D eigenvalue weighted by atomic mass is 16.4. The molecule has 0 radical (unpaired) electrons. The van der Waals surface area contributed by atoms with Gasteiger partial charge in [0.1, 0.15) is 0 Å². The van der Waals surface area contributed by atoms with Crippen LogP contribution in [0.4, 0.5) is 0 Å². The number of carboxylic acids is 1. The Morgan fingerprint density at radius 2 is 2.28 bits per heavy atom. The number of aryl methyl sites for hydroxylation is 1. The van der Waals surface area contributed by atoms with Crippen molar-refractivity contribution in [2.45, 2.75) is 5.92 Å². The maximum atomic E-state index is 11.3. The number of aliphatic carboxylic acids is 1. The Morgan fingerprint density at radius 3 is 2.89 bits per heavy atom. The van der Waals surface area contributed by atoms with Crippen LogP contribution in [0.5, 0.6) is 0 Å². The van der Waals surface area contributed by atoms with E-state index in [0.717, 1.165) is 0 Å². The summed E-state index contributed by atoms with van der Waals surface area (Å²) in [7, 11) is 3.29. The minimum atomic E-state index is -0.905. The largest absolute Gasteiger partial charge is 0.481 e. The number of hydrogen-bond donors (Lipinski definition) is 2. The molecule has 18 heavy (non-hydrogen) atoms. The third-order valence-corrected chi connectivity index (χ3v) is 2.92. The highest BCUT2D eigenvalue weighted by Crippen LogP contribution is 2.21. The predicted octanol–water partition coefficient (Wildman–Crippen LogP) is 0.519. The van der Waals surface area contributed by atoms with E-state index in [1.54, 1.807) is 32.3 Å². The molecule has 0 aliphatic carbocycles. The van der Waals surface area contributed by atoms with E-state index in [-0.39, 0.29) is 0 Å². The summed E-state index contributed by atoms with van der Waals surface area (Å²) in [5.41, 5.74) is 1.69. The number of rotatable bonds is 4. The zero-order valence-electron chi connectivity index (χ0n) is 10.1. The van der Waals surface area contributed by atoms with Crippen LogP contribution >= 0.6 is 0 Å². The van der Waals surface area contributed by atoms with Crippen molar-refractivity contribution < 1.29 is 14.3 Å². The minimum absolute atomic E-state index is 0.326. The third kappa shape index (κ3) is 2.02. The zero-order valence-corrected chi connectivity index (χ0v) is 10.1. The number of carbonyl (C=O) groups is 1. The van der Waals surface area contributed by atoms with Crippen LogP contribution in [0.2, 0.25) is 0 Å². The maximum absolute atomic E-state index is 11.3. The summed E-state index contributed by atoms with van der Waals surface area (Å²) < 4.78 is 6.36. The second kappa shape index (κ2) is 4.66. The lowest BCUT2D eigenvalue weighted by Crippen LogP contribution is -2.24. The van der Waals surface area contributed by atoms with Crippen LogP contribution in [0.15, 0.2) is 27.4 Å². The number of aromatic nitrogens is 1. The number of carboxylic acid groups (broad SMARTS) is 1. The van der Waals surface area contributed by atoms with Crippen LogP contribution in [0.1, 0.15) is 11.5 Å². The van der Waals surface area contributed by atoms with Gasteiger partial charge in [0.25, 0.3) is 0 Å². The molecule has 0 saturated carbocycles. The molecule has 6 nitrogen and oxygen atoms in total. The predicted molar refractivity (Wildman–Crippen MR) is 65.8 cm³/mol. The zero-order chi connectivity index (χ0) is 13.3. The first-order valence-corrected chi connectivity index (χ1v) is 5.51. The number of nitrogens with zero attached hydrogens (tertiary/aromatic N) is 1. The Hall–Kier alpha value is -2.08. The fourth-order valence-electron chi connectivity index (χ4n) is 1.91. The number of likely N-dealkylation sites (N-methyl/N-ethyl adjacent to an activating group) is 1. The van der Waals surface area contributed by atoms with Gasteiger partial charge in [-0.1, -0.05) is 6.07 Å². The van der Waals surface area contributed by atoms with Crippen molar-refractivity contribution in [1.82, 2.24) is 9.88 Å². The summed E-state index contributed by atoms with van der Waals surface area (Å²) in [5.74, 6) is -2.01. The molecule has 1 aromatic carbocycles. The van der Waals surface area contributed by atoms with E-state index in [1.807, 2.05) is 0 Å². The van der Waals surface area contributed by atoms with Gasteiger partial charge in [0.2, 0.25) is 0 Å². The SMILES string of the molecule is CNCC(C(=O)O)c1ccc2oc(=O)n(C)c2c1. The number of nitrogens with one attached hydrogen (secondary N) is 1. The number of benzene rings is 1. The summed E-state index contributed by atoms with van der Waals surface area (Å²) in [4.78, 5) is 22.5. The molecule has 0 amide bonds. The molecule has 1 aromatic heterocycles. The highest BCUT2D eigenvalue weighted by Gasteiger charge is 2.20. The Kier molecular flexibility index (Phi) is 3.20. The van der Waals surface area contributed by atoms with E-state index in [9.17, 15) is 14.7 Å². The normalized spacial score (nSPS) is 12.8. The summed E-state index contributed by atoms with van der Waals surface area (Å²) >= 11 is 0. The van der Waals surface area contributed by atoms with Gasteiger partial charge >= 0.3 is 11.7 Å². The van der Waals surface area contributed by atoms with Crippen molar-refractivity contribution in [2.75, 3.05) is 13.6 Å². The Balaban J connectivity index is 2.54. The fraction of sp³-hybridized carbons (Fsp3) is 0.333. The average molecular weight is 250 g/mol. The monoisotopic (exact) mass is 250 g/mol. The van der Waals surface area contributed by atoms with E-state index in [1.165, 1.54) is 4.57 Å². The van der Waals surface area contributed by atoms with E-state index in [4.69, 9.17) is 4.42 Å². The highest BCUT2D eigenvalue weighted by molar-refractivity contribution is 5.80. The second-order valence-corrected chi connectivity index (χ2v) is 4.10. The molecule has 1 heterocycles. The van der Waals surface area contributed by atoms with Gasteiger partial charge in [0.15, 0.2) is 5.58 Å². The van der Waals surface area contributed by atoms with E-state index in [0.29, 0.717) is 23.2 Å². The van der Waals surface area contributed by atoms with Crippen LogP contribution in [-0.4, -0.2) is 29.2 Å². The molecule has 0 aliphatic heterocycles. The lowest BCUT2D eigenvalue weighted by Gasteiger charge is -2.11. The summed E-state index contributed by atoms with van der Waals surface area (Å²) in [6, 6.07) is 4.97. The quantitative estimate of drug-likeness (QED) is 0.826. The van der Waals surface area contributed by atoms with Crippen molar-refractivity contribution in [1.29, 1.82) is 0 Å². The molecule has 2 aromatic rings. The molecule has 1 atom stereocenters. The van der Waals surface area contributed by atoms with Crippen molar-refractivity contribution in [2.24, 2.45) is 7.05 Å². The van der Waals surface area contributed by atoms with Crippen molar-refractivity contribution in [3.05, 3.63) is 34.3 Å². The van der Waals surface area contributed by atoms with Crippen LogP contribution in [0, 0.1) is 0 Å². The van der Waals surface area contributed by atoms with Crippen LogP contribution < -0.4 is 11.1 Å². The molecular formula is C12H14N2O4. The van der Waals surface area contributed by atoms with Gasteiger partial charge in [-0.05, 0) is 24.7 Å². The number of oxazole rings is 1. The average Bonchev–Trinajstić information content (AvgIpc) is 2.62. The molecule has 96 valence electrons. The molecule has 0 saturated heterocycles. The summed E-state index contributed by atoms with van der Waals surface area (Å²) in [6.07, 6.45) is 0.